The molecule has 136 valence electrons. The van der Waals surface area contributed by atoms with Crippen LogP contribution < -0.4 is 0 Å². The summed E-state index contributed by atoms with van der Waals surface area (Å²) in [5.41, 5.74) is 1.50. The highest BCUT2D eigenvalue weighted by molar-refractivity contribution is 5.87. The number of rotatable bonds is 9. The van der Waals surface area contributed by atoms with Gasteiger partial charge in [0.25, 0.3) is 0 Å². The molecule has 5 nitrogen and oxygen atoms in total. The first-order valence-electron chi connectivity index (χ1n) is 9.32. The maximum absolute atomic E-state index is 10.9. The summed E-state index contributed by atoms with van der Waals surface area (Å²) in [6.45, 7) is 2.81. The summed E-state index contributed by atoms with van der Waals surface area (Å²) >= 11 is 0. The third kappa shape index (κ3) is 4.40. The average Bonchev–Trinajstić information content (AvgIpc) is 3.22. The molecule has 2 fully saturated rings. The molecule has 0 spiro atoms. The van der Waals surface area contributed by atoms with E-state index in [-0.39, 0.29) is 6.10 Å². The maximum atomic E-state index is 10.9. The van der Waals surface area contributed by atoms with Crippen LogP contribution in [-0.2, 0) is 16.0 Å². The van der Waals surface area contributed by atoms with Crippen LogP contribution in [-0.4, -0.2) is 36.1 Å². The van der Waals surface area contributed by atoms with Gasteiger partial charge in [0.1, 0.15) is 6.61 Å². The van der Waals surface area contributed by atoms with Gasteiger partial charge < -0.3 is 14.7 Å². The summed E-state index contributed by atoms with van der Waals surface area (Å²) in [6.07, 6.45) is 8.90. The molecule has 2 saturated heterocycles. The molecule has 5 heteroatoms. The van der Waals surface area contributed by atoms with Gasteiger partial charge in [0.05, 0.1) is 17.8 Å². The standard InChI is InChI=1S/C20H27NO4/c1-2-3-12-24-21-13-17-16(18-10-11-19(17)25-18)9-6-14-4-7-15(8-5-14)20(22)23/h4-5,7-8,13,16-19H,2-3,6,9-12H2,1H3,(H,22,23)/t16-,17-,18-,19+/m0/s1. The van der Waals surface area contributed by atoms with Gasteiger partial charge in [-0.15, -0.1) is 0 Å². The quantitative estimate of drug-likeness (QED) is 0.418. The Kier molecular flexibility index (Phi) is 6.08. The molecule has 0 radical (unpaired) electrons. The molecule has 4 atom stereocenters. The lowest BCUT2D eigenvalue weighted by atomic mass is 9.77. The lowest BCUT2D eigenvalue weighted by Crippen LogP contribution is -2.28. The number of hydrogen-bond donors (Lipinski definition) is 1. The second-order valence-corrected chi connectivity index (χ2v) is 7.01. The Balaban J connectivity index is 1.55. The van der Waals surface area contributed by atoms with Gasteiger partial charge in [-0.1, -0.05) is 30.6 Å². The summed E-state index contributed by atoms with van der Waals surface area (Å²) in [6, 6.07) is 7.17. The summed E-state index contributed by atoms with van der Waals surface area (Å²) in [5.74, 6) is -0.0810. The van der Waals surface area contributed by atoms with Gasteiger partial charge in [-0.2, -0.15) is 0 Å². The van der Waals surface area contributed by atoms with Crippen molar-refractivity contribution < 1.29 is 19.5 Å². The minimum atomic E-state index is -0.882. The van der Waals surface area contributed by atoms with E-state index >= 15 is 0 Å². The van der Waals surface area contributed by atoms with Crippen LogP contribution in [0.15, 0.2) is 29.4 Å². The van der Waals surface area contributed by atoms with Crippen molar-refractivity contribution in [3.63, 3.8) is 0 Å². The molecule has 1 aromatic carbocycles. The Hall–Kier alpha value is -1.88. The minimum absolute atomic E-state index is 0.280. The monoisotopic (exact) mass is 345 g/mol. The predicted octanol–water partition coefficient (Wildman–Crippen LogP) is 3.91. The Bertz CT molecular complexity index is 598. The van der Waals surface area contributed by atoms with E-state index in [9.17, 15) is 4.79 Å². The molecule has 2 bridgehead atoms. The number of carbonyl (C=O) groups is 1. The van der Waals surface area contributed by atoms with Crippen LogP contribution in [0, 0.1) is 11.8 Å². The predicted molar refractivity (Wildman–Crippen MR) is 95.9 cm³/mol. The molecule has 3 rings (SSSR count). The second-order valence-electron chi connectivity index (χ2n) is 7.01. The highest BCUT2D eigenvalue weighted by Crippen LogP contribution is 2.44. The molecule has 2 aliphatic rings. The van der Waals surface area contributed by atoms with Crippen molar-refractivity contribution in [2.75, 3.05) is 6.61 Å². The van der Waals surface area contributed by atoms with E-state index < -0.39 is 5.97 Å². The normalized spacial score (nSPS) is 27.9. The van der Waals surface area contributed by atoms with Crippen LogP contribution >= 0.6 is 0 Å². The smallest absolute Gasteiger partial charge is 0.335 e. The second kappa shape index (κ2) is 8.48. The number of unbranched alkanes of at least 4 members (excludes halogenated alkanes) is 1. The fraction of sp³-hybridized carbons (Fsp3) is 0.600. The third-order valence-corrected chi connectivity index (χ3v) is 5.35. The Morgan fingerprint density at radius 1 is 1.32 bits per heavy atom. The topological polar surface area (TPSA) is 68.1 Å². The summed E-state index contributed by atoms with van der Waals surface area (Å²) in [5, 5.41) is 13.2. The molecular weight excluding hydrogens is 318 g/mol. The van der Waals surface area contributed by atoms with Crippen LogP contribution in [0.1, 0.15) is 54.9 Å². The number of hydrogen-bond acceptors (Lipinski definition) is 4. The SMILES string of the molecule is CCCCON=C[C@H]1[C@H](CCc2ccc(C(=O)O)cc2)[C@@H]2CC[C@H]1O2. The first-order valence-corrected chi connectivity index (χ1v) is 9.32. The van der Waals surface area contributed by atoms with Crippen LogP contribution in [0.25, 0.3) is 0 Å². The maximum Gasteiger partial charge on any atom is 0.335 e. The lowest BCUT2D eigenvalue weighted by molar-refractivity contribution is 0.0697. The molecule has 0 unspecified atom stereocenters. The van der Waals surface area contributed by atoms with Crippen LogP contribution in [0.5, 0.6) is 0 Å². The van der Waals surface area contributed by atoms with E-state index in [0.717, 1.165) is 38.5 Å². The zero-order valence-electron chi connectivity index (χ0n) is 14.8. The Morgan fingerprint density at radius 2 is 2.08 bits per heavy atom. The number of carboxylic acids is 1. The number of ether oxygens (including phenoxy) is 1. The molecule has 2 aliphatic heterocycles. The van der Waals surface area contributed by atoms with E-state index in [2.05, 4.69) is 12.1 Å². The van der Waals surface area contributed by atoms with Gasteiger partial charge in [0.2, 0.25) is 0 Å². The fourth-order valence-electron chi connectivity index (χ4n) is 3.92. The number of carboxylic acid groups (broad SMARTS) is 1. The first kappa shape index (κ1) is 17.9. The molecule has 0 aromatic heterocycles. The van der Waals surface area contributed by atoms with Gasteiger partial charge in [-0.05, 0) is 55.7 Å². The van der Waals surface area contributed by atoms with Crippen molar-refractivity contribution in [2.45, 2.75) is 57.7 Å². The zero-order valence-corrected chi connectivity index (χ0v) is 14.8. The van der Waals surface area contributed by atoms with E-state index in [1.807, 2.05) is 18.3 Å². The van der Waals surface area contributed by atoms with Gasteiger partial charge in [-0.3, -0.25) is 0 Å². The van der Waals surface area contributed by atoms with Crippen LogP contribution in [0.4, 0.5) is 0 Å². The Labute approximate surface area is 149 Å². The first-order chi connectivity index (χ1) is 12.2. The van der Waals surface area contributed by atoms with Gasteiger partial charge in [-0.25, -0.2) is 4.79 Å². The molecule has 25 heavy (non-hydrogen) atoms. The summed E-state index contributed by atoms with van der Waals surface area (Å²) in [7, 11) is 0. The molecule has 1 aromatic rings. The van der Waals surface area contributed by atoms with Gasteiger partial charge in [0.15, 0.2) is 0 Å². The van der Waals surface area contributed by atoms with Crippen molar-refractivity contribution in [2.24, 2.45) is 17.0 Å². The number of oxime groups is 1. The zero-order chi connectivity index (χ0) is 17.6. The van der Waals surface area contributed by atoms with Crippen LogP contribution in [0.2, 0.25) is 0 Å². The molecule has 0 saturated carbocycles. The highest BCUT2D eigenvalue weighted by Gasteiger charge is 2.47. The number of benzene rings is 1. The van der Waals surface area contributed by atoms with E-state index in [1.165, 1.54) is 5.56 Å². The number of fused-ring (bicyclic) bond motifs is 2. The van der Waals surface area contributed by atoms with E-state index in [1.54, 1.807) is 12.1 Å². The molecular formula is C20H27NO4. The number of aryl methyl sites for hydroxylation is 1. The summed E-state index contributed by atoms with van der Waals surface area (Å²) in [4.78, 5) is 16.3. The summed E-state index contributed by atoms with van der Waals surface area (Å²) < 4.78 is 6.09. The number of aromatic carboxylic acids is 1. The van der Waals surface area contributed by atoms with Crippen molar-refractivity contribution in [3.8, 4) is 0 Å². The van der Waals surface area contributed by atoms with Crippen LogP contribution in [0.3, 0.4) is 0 Å². The molecule has 0 amide bonds. The molecule has 2 heterocycles. The number of nitrogens with zero attached hydrogens (tertiary/aromatic N) is 1. The molecule has 1 N–H and O–H groups in total. The van der Waals surface area contributed by atoms with E-state index in [4.69, 9.17) is 14.7 Å². The fourth-order valence-corrected chi connectivity index (χ4v) is 3.92. The van der Waals surface area contributed by atoms with Crippen molar-refractivity contribution in [1.29, 1.82) is 0 Å². The van der Waals surface area contributed by atoms with E-state index in [0.29, 0.717) is 30.1 Å². The average molecular weight is 345 g/mol. The van der Waals surface area contributed by atoms with Crippen molar-refractivity contribution >= 4 is 12.2 Å². The largest absolute Gasteiger partial charge is 0.478 e. The van der Waals surface area contributed by atoms with Gasteiger partial charge in [0, 0.05) is 12.1 Å². The lowest BCUT2D eigenvalue weighted by Gasteiger charge is -2.24. The molecule has 0 aliphatic carbocycles. The van der Waals surface area contributed by atoms with Crippen molar-refractivity contribution in [1.82, 2.24) is 0 Å². The highest BCUT2D eigenvalue weighted by atomic mass is 16.6. The Morgan fingerprint density at radius 3 is 2.80 bits per heavy atom. The minimum Gasteiger partial charge on any atom is -0.478 e. The van der Waals surface area contributed by atoms with Gasteiger partial charge >= 0.3 is 5.97 Å². The third-order valence-electron chi connectivity index (χ3n) is 5.35. The van der Waals surface area contributed by atoms with Crippen molar-refractivity contribution in [3.05, 3.63) is 35.4 Å².